The number of hydrogen-bond donors (Lipinski definition) is 0. The molecule has 28 heavy (non-hydrogen) atoms. The van der Waals surface area contributed by atoms with Gasteiger partial charge >= 0.3 is 0 Å². The van der Waals surface area contributed by atoms with Gasteiger partial charge in [0.05, 0.1) is 17.8 Å². The number of amides is 1. The normalized spacial score (nSPS) is 16.0. The van der Waals surface area contributed by atoms with Crippen molar-refractivity contribution in [3.63, 3.8) is 0 Å². The second-order valence-electron chi connectivity index (χ2n) is 6.72. The molecule has 1 unspecified atom stereocenters. The van der Waals surface area contributed by atoms with Gasteiger partial charge in [-0.1, -0.05) is 6.58 Å². The Morgan fingerprint density at radius 1 is 1.36 bits per heavy atom. The van der Waals surface area contributed by atoms with Crippen molar-refractivity contribution in [2.45, 2.75) is 38.8 Å². The molecule has 3 rings (SSSR count). The topological polar surface area (TPSA) is 74.3 Å². The van der Waals surface area contributed by atoms with Gasteiger partial charge in [-0.3, -0.25) is 9.48 Å². The van der Waals surface area contributed by atoms with Crippen LogP contribution in [0.3, 0.4) is 0 Å². The average Bonchev–Trinajstić information content (AvgIpc) is 3.26. The van der Waals surface area contributed by atoms with E-state index in [0.717, 1.165) is 6.07 Å². The Morgan fingerprint density at radius 3 is 2.71 bits per heavy atom. The van der Waals surface area contributed by atoms with Crippen LogP contribution in [0.5, 0.6) is 0 Å². The number of aromatic nitrogens is 2. The van der Waals surface area contributed by atoms with Crippen LogP contribution in [0.1, 0.15) is 43.4 Å². The second-order valence-corrected chi connectivity index (χ2v) is 6.72. The molecule has 1 aromatic heterocycles. The maximum Gasteiger partial charge on any atom is 0.269 e. The molecule has 0 bridgehead atoms. The lowest BCUT2D eigenvalue weighted by Gasteiger charge is -2.23. The molecule has 0 N–H and O–H groups in total. The van der Waals surface area contributed by atoms with Crippen LogP contribution in [0.15, 0.2) is 47.8 Å². The monoisotopic (exact) mass is 383 g/mol. The molecule has 2 aromatic rings. The molecule has 1 aliphatic rings. The summed E-state index contributed by atoms with van der Waals surface area (Å²) in [5.74, 6) is -1.76. The fourth-order valence-corrected chi connectivity index (χ4v) is 3.14. The summed E-state index contributed by atoms with van der Waals surface area (Å²) >= 11 is 0. The van der Waals surface area contributed by atoms with E-state index in [9.17, 15) is 13.6 Å². The molecule has 0 radical (unpaired) electrons. The number of hydrazone groups is 1. The summed E-state index contributed by atoms with van der Waals surface area (Å²) in [7, 11) is 0. The van der Waals surface area contributed by atoms with Gasteiger partial charge < -0.3 is 0 Å². The van der Waals surface area contributed by atoms with E-state index in [0.29, 0.717) is 48.2 Å². The number of nitrogens with zero attached hydrogens (tertiary/aromatic N) is 5. The van der Waals surface area contributed by atoms with Crippen LogP contribution in [0.2, 0.25) is 0 Å². The van der Waals surface area contributed by atoms with Gasteiger partial charge in [-0.15, -0.1) is 0 Å². The van der Waals surface area contributed by atoms with Crippen molar-refractivity contribution in [2.24, 2.45) is 5.10 Å². The van der Waals surface area contributed by atoms with E-state index in [1.54, 1.807) is 17.8 Å². The molecular formula is C20H19F2N5O. The predicted octanol–water partition coefficient (Wildman–Crippen LogP) is 3.72. The Hall–Kier alpha value is -3.34. The van der Waals surface area contributed by atoms with Crippen LogP contribution in [0.4, 0.5) is 8.78 Å². The predicted molar refractivity (Wildman–Crippen MR) is 99.0 cm³/mol. The summed E-state index contributed by atoms with van der Waals surface area (Å²) < 4.78 is 28.8. The number of hydrogen-bond acceptors (Lipinski definition) is 4. The van der Waals surface area contributed by atoms with E-state index in [1.807, 2.05) is 6.07 Å². The molecule has 144 valence electrons. The summed E-state index contributed by atoms with van der Waals surface area (Å²) in [4.78, 5) is 12.8. The van der Waals surface area contributed by atoms with Crippen molar-refractivity contribution < 1.29 is 13.6 Å². The highest BCUT2D eigenvalue weighted by Crippen LogP contribution is 2.33. The van der Waals surface area contributed by atoms with Crippen molar-refractivity contribution >= 4 is 11.6 Å². The number of aryl methyl sites for hydroxylation is 1. The van der Waals surface area contributed by atoms with Gasteiger partial charge in [0, 0.05) is 36.5 Å². The van der Waals surface area contributed by atoms with E-state index in [-0.39, 0.29) is 5.91 Å². The number of carbonyl (C=O) groups is 1. The van der Waals surface area contributed by atoms with Crippen LogP contribution in [-0.2, 0) is 11.3 Å². The first-order chi connectivity index (χ1) is 13.4. The molecule has 0 aliphatic carbocycles. The van der Waals surface area contributed by atoms with E-state index >= 15 is 0 Å². The molecule has 1 aromatic carbocycles. The number of nitriles is 1. The van der Waals surface area contributed by atoms with Crippen molar-refractivity contribution in [1.29, 1.82) is 5.26 Å². The number of carbonyl (C=O) groups excluding carboxylic acids is 1. The van der Waals surface area contributed by atoms with E-state index in [2.05, 4.69) is 16.8 Å². The lowest BCUT2D eigenvalue weighted by molar-refractivity contribution is -0.129. The lowest BCUT2D eigenvalue weighted by atomic mass is 10.0. The Kier molecular flexibility index (Phi) is 5.64. The highest BCUT2D eigenvalue weighted by atomic mass is 19.1. The zero-order chi connectivity index (χ0) is 20.3. The fraction of sp³-hybridized carbons (Fsp3) is 0.300. The lowest BCUT2D eigenvalue weighted by Crippen LogP contribution is -2.28. The summed E-state index contributed by atoms with van der Waals surface area (Å²) in [6, 6.07) is 4.68. The molecule has 8 heteroatoms. The average molecular weight is 383 g/mol. The molecule has 0 spiro atoms. The number of benzene rings is 1. The number of halogens is 2. The summed E-state index contributed by atoms with van der Waals surface area (Å²) in [6.07, 6.45) is 4.53. The number of rotatable bonds is 6. The molecule has 1 aliphatic heterocycles. The van der Waals surface area contributed by atoms with E-state index in [1.165, 1.54) is 23.3 Å². The molecular weight excluding hydrogens is 364 g/mol. The molecule has 1 atom stereocenters. The minimum Gasteiger partial charge on any atom is -0.271 e. The van der Waals surface area contributed by atoms with Gasteiger partial charge in [0.25, 0.3) is 5.91 Å². The molecule has 0 saturated heterocycles. The first-order valence-electron chi connectivity index (χ1n) is 8.81. The summed E-state index contributed by atoms with van der Waals surface area (Å²) in [5, 5.41) is 18.4. The third-order valence-electron chi connectivity index (χ3n) is 4.47. The fourth-order valence-electron chi connectivity index (χ4n) is 3.14. The maximum absolute atomic E-state index is 13.6. The van der Waals surface area contributed by atoms with Crippen molar-refractivity contribution in [2.75, 3.05) is 0 Å². The Morgan fingerprint density at radius 2 is 2.07 bits per heavy atom. The van der Waals surface area contributed by atoms with Crippen molar-refractivity contribution in [3.05, 3.63) is 65.5 Å². The second kappa shape index (κ2) is 8.13. The quantitative estimate of drug-likeness (QED) is 0.714. The zero-order valence-electron chi connectivity index (χ0n) is 15.4. The molecule has 0 saturated carbocycles. The van der Waals surface area contributed by atoms with Crippen molar-refractivity contribution in [1.82, 2.24) is 14.8 Å². The molecule has 2 heterocycles. The largest absolute Gasteiger partial charge is 0.271 e. The highest BCUT2D eigenvalue weighted by Gasteiger charge is 2.32. The van der Waals surface area contributed by atoms with Crippen LogP contribution in [-0.4, -0.2) is 26.4 Å². The van der Waals surface area contributed by atoms with Gasteiger partial charge in [0.1, 0.15) is 17.7 Å². The van der Waals surface area contributed by atoms with Gasteiger partial charge in [-0.05, 0) is 37.5 Å². The van der Waals surface area contributed by atoms with Crippen LogP contribution < -0.4 is 0 Å². The van der Waals surface area contributed by atoms with Gasteiger partial charge in [-0.2, -0.15) is 15.5 Å². The molecule has 6 nitrogen and oxygen atoms in total. The zero-order valence-corrected chi connectivity index (χ0v) is 15.4. The highest BCUT2D eigenvalue weighted by molar-refractivity contribution is 5.96. The smallest absolute Gasteiger partial charge is 0.269 e. The van der Waals surface area contributed by atoms with Gasteiger partial charge in [-0.25, -0.2) is 13.8 Å². The van der Waals surface area contributed by atoms with Gasteiger partial charge in [0.15, 0.2) is 0 Å². The Labute approximate surface area is 161 Å². The SMILES string of the molecule is C=C(CCCn1cc(C#N)cn1)C(=O)N1N=C(C)CC1c1cc(F)cc(F)c1. The van der Waals surface area contributed by atoms with E-state index in [4.69, 9.17) is 5.26 Å². The van der Waals surface area contributed by atoms with Crippen LogP contribution in [0, 0.1) is 23.0 Å². The third kappa shape index (κ3) is 4.31. The van der Waals surface area contributed by atoms with Crippen LogP contribution in [0.25, 0.3) is 0 Å². The van der Waals surface area contributed by atoms with E-state index < -0.39 is 17.7 Å². The summed E-state index contributed by atoms with van der Waals surface area (Å²) in [6.45, 7) is 6.15. The third-order valence-corrected chi connectivity index (χ3v) is 4.47. The Balaban J connectivity index is 1.65. The minimum atomic E-state index is -0.693. The first kappa shape index (κ1) is 19.4. The Bertz CT molecular complexity index is 968. The van der Waals surface area contributed by atoms with Crippen LogP contribution >= 0.6 is 0 Å². The minimum absolute atomic E-state index is 0.355. The first-order valence-corrected chi connectivity index (χ1v) is 8.81. The molecule has 1 amide bonds. The van der Waals surface area contributed by atoms with Crippen molar-refractivity contribution in [3.8, 4) is 6.07 Å². The molecule has 0 fully saturated rings. The maximum atomic E-state index is 13.6. The summed E-state index contributed by atoms with van der Waals surface area (Å²) in [5.41, 5.74) is 1.89. The van der Waals surface area contributed by atoms with Gasteiger partial charge in [0.2, 0.25) is 0 Å². The standard InChI is InChI=1S/C20H19F2N5O/c1-13(4-3-5-26-12-15(10-23)11-24-26)20(28)27-19(6-14(2)25-27)16-7-17(21)9-18(22)8-16/h7-9,11-12,19H,1,3-6H2,2H3.